The second kappa shape index (κ2) is 6.37. The normalized spacial score (nSPS) is 19.8. The lowest BCUT2D eigenvalue weighted by atomic mass is 10.0. The number of carbonyl (C=O) groups excluding carboxylic acids is 1. The molecule has 6 heteroatoms. The number of rotatable bonds is 4. The van der Waals surface area contributed by atoms with Crippen LogP contribution in [0.3, 0.4) is 0 Å². The third kappa shape index (κ3) is 2.52. The van der Waals surface area contributed by atoms with Gasteiger partial charge in [0.1, 0.15) is 11.5 Å². The van der Waals surface area contributed by atoms with Crippen LogP contribution in [0.1, 0.15) is 12.5 Å². The van der Waals surface area contributed by atoms with Crippen molar-refractivity contribution in [1.82, 2.24) is 0 Å². The standard InChI is InChI=1S/C18H19NO4S/c1-4-19-14-7-5-6-8-16(14)24-18(21,17(19)20)13-10-9-12(22-2)11-15(13)23-3/h5-11,21H,4H2,1-3H3. The van der Waals surface area contributed by atoms with Gasteiger partial charge < -0.3 is 19.5 Å². The molecule has 0 bridgehead atoms. The summed E-state index contributed by atoms with van der Waals surface area (Å²) >= 11 is 1.13. The molecule has 0 saturated carbocycles. The maximum atomic E-state index is 13.0. The maximum Gasteiger partial charge on any atom is 0.274 e. The van der Waals surface area contributed by atoms with Gasteiger partial charge in [-0.15, -0.1) is 0 Å². The van der Waals surface area contributed by atoms with Gasteiger partial charge in [0.25, 0.3) is 5.91 Å². The van der Waals surface area contributed by atoms with Crippen molar-refractivity contribution in [2.24, 2.45) is 0 Å². The number of carbonyl (C=O) groups is 1. The lowest BCUT2D eigenvalue weighted by Gasteiger charge is -2.38. The van der Waals surface area contributed by atoms with Crippen molar-refractivity contribution in [3.63, 3.8) is 0 Å². The molecular weight excluding hydrogens is 326 g/mol. The van der Waals surface area contributed by atoms with Gasteiger partial charge in [-0.3, -0.25) is 4.79 Å². The predicted octanol–water partition coefficient (Wildman–Crippen LogP) is 3.01. The second-order valence-electron chi connectivity index (χ2n) is 5.33. The third-order valence-electron chi connectivity index (χ3n) is 4.04. The molecule has 1 N–H and O–H groups in total. The van der Waals surface area contributed by atoms with Gasteiger partial charge in [-0.05, 0) is 31.2 Å². The number of hydrogen-bond donors (Lipinski definition) is 1. The van der Waals surface area contributed by atoms with Crippen LogP contribution in [-0.4, -0.2) is 31.8 Å². The molecule has 0 radical (unpaired) electrons. The van der Waals surface area contributed by atoms with Crippen LogP contribution < -0.4 is 14.4 Å². The first-order chi connectivity index (χ1) is 11.5. The summed E-state index contributed by atoms with van der Waals surface area (Å²) in [6.45, 7) is 2.35. The molecule has 0 saturated heterocycles. The monoisotopic (exact) mass is 345 g/mol. The zero-order valence-electron chi connectivity index (χ0n) is 13.8. The Bertz CT molecular complexity index is 779. The molecule has 1 aliphatic rings. The molecule has 0 aromatic heterocycles. The summed E-state index contributed by atoms with van der Waals surface area (Å²) in [5.74, 6) is 0.630. The van der Waals surface area contributed by atoms with Gasteiger partial charge in [0.05, 0.1) is 19.9 Å². The van der Waals surface area contributed by atoms with Crippen LogP contribution in [0.4, 0.5) is 5.69 Å². The van der Waals surface area contributed by atoms with Crippen molar-refractivity contribution in [3.8, 4) is 11.5 Å². The summed E-state index contributed by atoms with van der Waals surface area (Å²) in [6.07, 6.45) is 0. The molecular formula is C18H19NO4S. The van der Waals surface area contributed by atoms with Crippen LogP contribution in [0.25, 0.3) is 0 Å². The van der Waals surface area contributed by atoms with E-state index in [4.69, 9.17) is 9.47 Å². The molecule has 1 heterocycles. The van der Waals surface area contributed by atoms with Crippen LogP contribution in [0, 0.1) is 0 Å². The summed E-state index contributed by atoms with van der Waals surface area (Å²) in [5, 5.41) is 11.3. The number of amides is 1. The van der Waals surface area contributed by atoms with Crippen molar-refractivity contribution < 1.29 is 19.4 Å². The Balaban J connectivity index is 2.15. The molecule has 126 valence electrons. The van der Waals surface area contributed by atoms with Gasteiger partial charge in [-0.1, -0.05) is 23.9 Å². The fourth-order valence-electron chi connectivity index (χ4n) is 2.82. The minimum absolute atomic E-state index is 0.378. The Morgan fingerprint density at radius 2 is 1.92 bits per heavy atom. The zero-order valence-corrected chi connectivity index (χ0v) is 14.6. The molecule has 1 atom stereocenters. The SMILES string of the molecule is CCN1C(=O)C(O)(c2ccc(OC)cc2OC)Sc2ccccc21. The Labute approximate surface area is 145 Å². The van der Waals surface area contributed by atoms with Crippen LogP contribution in [0.2, 0.25) is 0 Å². The Morgan fingerprint density at radius 3 is 2.58 bits per heavy atom. The van der Waals surface area contributed by atoms with E-state index in [-0.39, 0.29) is 5.91 Å². The number of likely N-dealkylation sites (N-methyl/N-ethyl adjacent to an activating group) is 1. The van der Waals surface area contributed by atoms with E-state index >= 15 is 0 Å². The summed E-state index contributed by atoms with van der Waals surface area (Å²) in [7, 11) is 3.06. The number of benzene rings is 2. The molecule has 24 heavy (non-hydrogen) atoms. The van der Waals surface area contributed by atoms with Crippen LogP contribution in [0.15, 0.2) is 47.4 Å². The molecule has 2 aromatic carbocycles. The molecule has 2 aromatic rings. The number of ether oxygens (including phenoxy) is 2. The largest absolute Gasteiger partial charge is 0.497 e. The van der Waals surface area contributed by atoms with E-state index in [1.54, 1.807) is 30.2 Å². The predicted molar refractivity (Wildman–Crippen MR) is 93.8 cm³/mol. The number of anilines is 1. The number of thioether (sulfide) groups is 1. The van der Waals surface area contributed by atoms with Gasteiger partial charge in [0, 0.05) is 23.1 Å². The first-order valence-corrected chi connectivity index (χ1v) is 8.41. The number of para-hydroxylation sites is 1. The number of fused-ring (bicyclic) bond motifs is 1. The molecule has 0 aliphatic carbocycles. The van der Waals surface area contributed by atoms with Crippen LogP contribution >= 0.6 is 11.8 Å². The highest BCUT2D eigenvalue weighted by molar-refractivity contribution is 8.01. The van der Waals surface area contributed by atoms with Gasteiger partial charge in [-0.25, -0.2) is 0 Å². The van der Waals surface area contributed by atoms with Crippen molar-refractivity contribution in [2.45, 2.75) is 16.8 Å². The van der Waals surface area contributed by atoms with E-state index < -0.39 is 4.93 Å². The van der Waals surface area contributed by atoms with Crippen molar-refractivity contribution in [3.05, 3.63) is 48.0 Å². The summed E-state index contributed by atoms with van der Waals surface area (Å²) < 4.78 is 10.6. The highest BCUT2D eigenvalue weighted by Gasteiger charge is 2.48. The molecule has 5 nitrogen and oxygen atoms in total. The van der Waals surface area contributed by atoms with Gasteiger partial charge in [0.15, 0.2) is 0 Å². The lowest BCUT2D eigenvalue weighted by molar-refractivity contribution is -0.129. The number of methoxy groups -OCH3 is 2. The van der Waals surface area contributed by atoms with Crippen molar-refractivity contribution >= 4 is 23.4 Å². The number of hydrogen-bond acceptors (Lipinski definition) is 5. The van der Waals surface area contributed by atoms with Crippen molar-refractivity contribution in [2.75, 3.05) is 25.7 Å². The van der Waals surface area contributed by atoms with E-state index in [1.807, 2.05) is 31.2 Å². The summed E-state index contributed by atoms with van der Waals surface area (Å²) in [6, 6.07) is 12.6. The first-order valence-electron chi connectivity index (χ1n) is 7.60. The maximum absolute atomic E-state index is 13.0. The first kappa shape index (κ1) is 16.7. The smallest absolute Gasteiger partial charge is 0.274 e. The topological polar surface area (TPSA) is 59.0 Å². The fraction of sp³-hybridized carbons (Fsp3) is 0.278. The Kier molecular flexibility index (Phi) is 4.43. The highest BCUT2D eigenvalue weighted by atomic mass is 32.2. The van der Waals surface area contributed by atoms with Gasteiger partial charge in [0.2, 0.25) is 4.93 Å². The number of nitrogens with zero attached hydrogens (tertiary/aromatic N) is 1. The Morgan fingerprint density at radius 1 is 1.17 bits per heavy atom. The minimum Gasteiger partial charge on any atom is -0.497 e. The average molecular weight is 345 g/mol. The fourth-order valence-corrected chi connectivity index (χ4v) is 4.05. The summed E-state index contributed by atoms with van der Waals surface area (Å²) in [4.78, 5) is 13.7. The van der Waals surface area contributed by atoms with E-state index in [2.05, 4.69) is 0 Å². The van der Waals surface area contributed by atoms with Crippen LogP contribution in [0.5, 0.6) is 11.5 Å². The number of aliphatic hydroxyl groups is 1. The molecule has 1 aliphatic heterocycles. The highest BCUT2D eigenvalue weighted by Crippen LogP contribution is 2.51. The van der Waals surface area contributed by atoms with Gasteiger partial charge in [-0.2, -0.15) is 0 Å². The molecule has 0 fully saturated rings. The molecule has 0 spiro atoms. The van der Waals surface area contributed by atoms with E-state index in [0.717, 1.165) is 22.3 Å². The van der Waals surface area contributed by atoms with Crippen LogP contribution in [-0.2, 0) is 9.73 Å². The molecule has 1 amide bonds. The molecule has 3 rings (SSSR count). The quantitative estimate of drug-likeness (QED) is 0.923. The van der Waals surface area contributed by atoms with E-state index in [1.165, 1.54) is 7.11 Å². The second-order valence-corrected chi connectivity index (χ2v) is 6.56. The lowest BCUT2D eigenvalue weighted by Crippen LogP contribution is -2.48. The van der Waals surface area contributed by atoms with E-state index in [9.17, 15) is 9.90 Å². The average Bonchev–Trinajstić information content (AvgIpc) is 2.62. The van der Waals surface area contributed by atoms with Crippen molar-refractivity contribution in [1.29, 1.82) is 0 Å². The zero-order chi connectivity index (χ0) is 17.3. The Hall–Kier alpha value is -2.18. The summed E-state index contributed by atoms with van der Waals surface area (Å²) in [5.41, 5.74) is 1.22. The molecule has 1 unspecified atom stereocenters. The third-order valence-corrected chi connectivity index (χ3v) is 5.29. The van der Waals surface area contributed by atoms with Gasteiger partial charge >= 0.3 is 0 Å². The van der Waals surface area contributed by atoms with E-state index in [0.29, 0.717) is 23.6 Å². The minimum atomic E-state index is -1.75.